The van der Waals surface area contributed by atoms with Gasteiger partial charge in [0.25, 0.3) is 0 Å². The van der Waals surface area contributed by atoms with E-state index in [2.05, 4.69) is 0 Å². The first-order chi connectivity index (χ1) is 3.65. The molecule has 0 aromatic rings. The standard InChI is InChI=1S/O2Si.5O.Ti/c1-3-2;;;;;;. The fourth-order valence-electron chi connectivity index (χ4n) is 0. The van der Waals surface area contributed by atoms with Crippen LogP contribution >= 0.6 is 0 Å². The predicted octanol–water partition coefficient (Wildman–Crippen LogP) is -1.21. The van der Waals surface area contributed by atoms with Crippen molar-refractivity contribution in [2.75, 3.05) is 0 Å². The first kappa shape index (κ1) is 11.3. The molecular weight excluding hydrogens is 188 g/mol. The average molecular weight is 188 g/mol. The Morgan fingerprint density at radius 1 is 0.778 bits per heavy atom. The predicted molar refractivity (Wildman–Crippen MR) is 10.6 cm³/mol. The minimum atomic E-state index is -7.85. The van der Waals surface area contributed by atoms with Gasteiger partial charge in [-0.05, 0) is 0 Å². The molecule has 0 aromatic carbocycles. The SMILES string of the molecule is O=[Si]=O.[O]=[Ti](=[O])(=[O])(=[O])=[O]. The topological polar surface area (TPSA) is 119 Å². The van der Waals surface area contributed by atoms with Gasteiger partial charge in [0.2, 0.25) is 0 Å². The quantitative estimate of drug-likeness (QED) is 0.437. The molecule has 0 atom stereocenters. The third-order valence-corrected chi connectivity index (χ3v) is 0. The van der Waals surface area contributed by atoms with Crippen molar-refractivity contribution < 1.29 is 40.7 Å². The van der Waals surface area contributed by atoms with E-state index in [1.54, 1.807) is 0 Å². The van der Waals surface area contributed by atoms with E-state index in [1.165, 1.54) is 0 Å². The van der Waals surface area contributed by atoms with Gasteiger partial charge >= 0.3 is 41.1 Å². The Labute approximate surface area is 50.5 Å². The van der Waals surface area contributed by atoms with Crippen molar-refractivity contribution in [1.29, 1.82) is 0 Å². The van der Waals surface area contributed by atoms with Gasteiger partial charge in [-0.2, -0.15) is 0 Å². The van der Waals surface area contributed by atoms with Crippen LogP contribution in [0.4, 0.5) is 0 Å². The van der Waals surface area contributed by atoms with Crippen molar-refractivity contribution in [1.82, 2.24) is 0 Å². The Hall–Kier alpha value is -0.469. The molecule has 7 nitrogen and oxygen atoms in total. The fourth-order valence-corrected chi connectivity index (χ4v) is 0. The summed E-state index contributed by atoms with van der Waals surface area (Å²) in [6.45, 7) is 0. The van der Waals surface area contributed by atoms with Crippen LogP contribution in [0, 0.1) is 0 Å². The summed E-state index contributed by atoms with van der Waals surface area (Å²) in [5, 5.41) is 0. The molecule has 0 heterocycles. The van der Waals surface area contributed by atoms with Gasteiger partial charge in [0.05, 0.1) is 0 Å². The maximum atomic E-state index is 8.65. The van der Waals surface area contributed by atoms with Crippen molar-refractivity contribution in [3.8, 4) is 0 Å². The van der Waals surface area contributed by atoms with Gasteiger partial charge < -0.3 is 0 Å². The number of rotatable bonds is 0. The monoisotopic (exact) mass is 188 g/mol. The van der Waals surface area contributed by atoms with Crippen LogP contribution in [0.1, 0.15) is 0 Å². The molecule has 0 aromatic heterocycles. The Balaban J connectivity index is 0. The van der Waals surface area contributed by atoms with Crippen molar-refractivity contribution in [3.63, 3.8) is 0 Å². The Morgan fingerprint density at radius 2 is 0.778 bits per heavy atom. The number of hydrogen-bond donors (Lipinski definition) is 0. The molecule has 0 unspecified atom stereocenters. The molecule has 0 fully saturated rings. The molecule has 0 N–H and O–H groups in total. The van der Waals surface area contributed by atoms with Crippen LogP contribution in [0.15, 0.2) is 0 Å². The van der Waals surface area contributed by atoms with E-state index in [-0.39, 0.29) is 0 Å². The third kappa shape index (κ3) is 1050. The van der Waals surface area contributed by atoms with Crippen LogP contribution < -0.4 is 0 Å². The zero-order chi connectivity index (χ0) is 8.15. The van der Waals surface area contributed by atoms with E-state index < -0.39 is 24.4 Å². The Kier molecular flexibility index (Phi) is 3.65. The fraction of sp³-hybridized carbons (Fsp3) is 0. The summed E-state index contributed by atoms with van der Waals surface area (Å²) in [7, 11) is -1.42. The van der Waals surface area contributed by atoms with Gasteiger partial charge in [-0.15, -0.1) is 0 Å². The second-order valence-electron chi connectivity index (χ2n) is 0.917. The van der Waals surface area contributed by atoms with Gasteiger partial charge in [-0.3, -0.25) is 8.92 Å². The Morgan fingerprint density at radius 3 is 0.778 bits per heavy atom. The molecule has 9 heteroatoms. The molecule has 9 heavy (non-hydrogen) atoms. The van der Waals surface area contributed by atoms with Crippen LogP contribution in [0.2, 0.25) is 0 Å². The molecule has 0 radical (unpaired) electrons. The summed E-state index contributed by atoms with van der Waals surface area (Å²) in [6.07, 6.45) is 0. The van der Waals surface area contributed by atoms with E-state index in [9.17, 15) is 0 Å². The molecule has 0 rings (SSSR count). The molecule has 0 saturated carbocycles. The van der Waals surface area contributed by atoms with E-state index in [4.69, 9.17) is 25.5 Å². The van der Waals surface area contributed by atoms with Crippen LogP contribution in [0.5, 0.6) is 0 Å². The molecular formula is O7SiTi. The van der Waals surface area contributed by atoms with Crippen LogP contribution in [0.25, 0.3) is 0 Å². The second-order valence-corrected chi connectivity index (χ2v) is 3.69. The van der Waals surface area contributed by atoms with E-state index in [0.29, 0.717) is 0 Å². The summed E-state index contributed by atoms with van der Waals surface area (Å²) in [5.41, 5.74) is 0. The van der Waals surface area contributed by atoms with E-state index in [0.717, 1.165) is 0 Å². The van der Waals surface area contributed by atoms with Crippen molar-refractivity contribution in [2.24, 2.45) is 0 Å². The molecule has 0 saturated heterocycles. The summed E-state index contributed by atoms with van der Waals surface area (Å²) >= 11 is -7.85. The molecule has 50 valence electrons. The Bertz CT molecular complexity index is 353. The van der Waals surface area contributed by atoms with Crippen molar-refractivity contribution in [2.45, 2.75) is 0 Å². The van der Waals surface area contributed by atoms with E-state index in [1.807, 2.05) is 0 Å². The van der Waals surface area contributed by atoms with Crippen LogP contribution in [0.3, 0.4) is 0 Å². The molecule has 0 amide bonds. The first-order valence-electron chi connectivity index (χ1n) is 1.43. The molecule has 0 spiro atoms. The van der Waals surface area contributed by atoms with Gasteiger partial charge in [-0.25, -0.2) is 0 Å². The molecule has 0 aliphatic carbocycles. The molecule has 0 aliphatic heterocycles. The van der Waals surface area contributed by atoms with Crippen molar-refractivity contribution in [3.05, 3.63) is 0 Å². The average Bonchev–Trinajstić information content (AvgIpc) is 1.23. The number of hydrogen-bond acceptors (Lipinski definition) is 7. The normalized spacial score (nSPS) is 4.78. The first-order valence-corrected chi connectivity index (χ1v) is 5.43. The van der Waals surface area contributed by atoms with Crippen LogP contribution in [-0.2, 0) is 40.7 Å². The third-order valence-electron chi connectivity index (χ3n) is 0. The molecule has 0 bridgehead atoms. The minimum absolute atomic E-state index is 1.42. The summed E-state index contributed by atoms with van der Waals surface area (Å²) in [5.74, 6) is 0. The summed E-state index contributed by atoms with van der Waals surface area (Å²) in [6, 6.07) is 0. The zero-order valence-electron chi connectivity index (χ0n) is 3.86. The van der Waals surface area contributed by atoms with Gasteiger partial charge in [-0.1, -0.05) is 0 Å². The van der Waals surface area contributed by atoms with E-state index >= 15 is 0 Å². The second kappa shape index (κ2) is 2.90. The van der Waals surface area contributed by atoms with Crippen LogP contribution in [-0.4, -0.2) is 9.29 Å². The summed E-state index contributed by atoms with van der Waals surface area (Å²) < 4.78 is 60.1. The molecule has 0 aliphatic rings. The maximum absolute atomic E-state index is 8.65. The summed E-state index contributed by atoms with van der Waals surface area (Å²) in [4.78, 5) is 0. The zero-order valence-corrected chi connectivity index (χ0v) is 6.42. The van der Waals surface area contributed by atoms with Crippen molar-refractivity contribution >= 4 is 9.29 Å². The van der Waals surface area contributed by atoms with Gasteiger partial charge in [0, 0.05) is 0 Å². The van der Waals surface area contributed by atoms with Gasteiger partial charge in [0.1, 0.15) is 0 Å². The van der Waals surface area contributed by atoms with Gasteiger partial charge in [0.15, 0.2) is 0 Å².